The average molecular weight is 221 g/mol. The molecule has 76 valence electrons. The minimum absolute atomic E-state index is 0.0161. The van der Waals surface area contributed by atoms with Gasteiger partial charge < -0.3 is 5.73 Å². The van der Waals surface area contributed by atoms with Crippen molar-refractivity contribution in [1.29, 1.82) is 0 Å². The highest BCUT2D eigenvalue weighted by Crippen LogP contribution is 2.20. The molecular formula is C8H7ClF2N2O. The first-order chi connectivity index (χ1) is 6.54. The van der Waals surface area contributed by atoms with Gasteiger partial charge in [-0.15, -0.1) is 0 Å². The number of alkyl halides is 2. The molecule has 0 aliphatic carbocycles. The summed E-state index contributed by atoms with van der Waals surface area (Å²) >= 11 is 5.12. The zero-order valence-corrected chi connectivity index (χ0v) is 7.76. The minimum atomic E-state index is -2.67. The molecule has 0 aliphatic rings. The smallest absolute Gasteiger partial charge is 0.270 e. The predicted molar refractivity (Wildman–Crippen MR) is 47.3 cm³/mol. The molecule has 0 saturated carbocycles. The largest absolute Gasteiger partial charge is 0.325 e. The van der Waals surface area contributed by atoms with Crippen LogP contribution in [0.2, 0.25) is 0 Å². The summed E-state index contributed by atoms with van der Waals surface area (Å²) in [4.78, 5) is 14.4. The van der Waals surface area contributed by atoms with Crippen molar-refractivity contribution in [3.63, 3.8) is 0 Å². The van der Waals surface area contributed by atoms with Crippen molar-refractivity contribution in [2.45, 2.75) is 13.0 Å². The molecule has 0 bridgehead atoms. The molecule has 0 saturated heterocycles. The molecule has 6 heteroatoms. The Kier molecular flexibility index (Phi) is 3.49. The summed E-state index contributed by atoms with van der Waals surface area (Å²) in [5.41, 5.74) is 4.94. The lowest BCUT2D eigenvalue weighted by atomic mass is 10.2. The summed E-state index contributed by atoms with van der Waals surface area (Å²) in [6.07, 6.45) is -2.67. The quantitative estimate of drug-likeness (QED) is 0.791. The summed E-state index contributed by atoms with van der Waals surface area (Å²) < 4.78 is 24.6. The van der Waals surface area contributed by atoms with Crippen molar-refractivity contribution < 1.29 is 13.6 Å². The van der Waals surface area contributed by atoms with E-state index in [2.05, 4.69) is 4.98 Å². The monoisotopic (exact) mass is 220 g/mol. The molecule has 1 aromatic rings. The lowest BCUT2D eigenvalue weighted by Gasteiger charge is -2.04. The van der Waals surface area contributed by atoms with Crippen LogP contribution in [-0.4, -0.2) is 10.2 Å². The van der Waals surface area contributed by atoms with Gasteiger partial charge in [0, 0.05) is 12.1 Å². The Morgan fingerprint density at radius 3 is 2.64 bits per heavy atom. The van der Waals surface area contributed by atoms with E-state index in [1.807, 2.05) is 0 Å². The Balaban J connectivity index is 3.20. The van der Waals surface area contributed by atoms with E-state index in [4.69, 9.17) is 17.3 Å². The van der Waals surface area contributed by atoms with Gasteiger partial charge >= 0.3 is 0 Å². The summed E-state index contributed by atoms with van der Waals surface area (Å²) in [5.74, 6) is 0. The van der Waals surface area contributed by atoms with Crippen molar-refractivity contribution in [2.75, 3.05) is 0 Å². The van der Waals surface area contributed by atoms with Crippen molar-refractivity contribution in [2.24, 2.45) is 5.73 Å². The van der Waals surface area contributed by atoms with Gasteiger partial charge in [-0.1, -0.05) is 0 Å². The van der Waals surface area contributed by atoms with Gasteiger partial charge in [0.05, 0.1) is 5.69 Å². The number of nitrogens with two attached hydrogens (primary N) is 1. The van der Waals surface area contributed by atoms with Crippen molar-refractivity contribution >= 4 is 16.8 Å². The number of hydrogen-bond acceptors (Lipinski definition) is 3. The van der Waals surface area contributed by atoms with Crippen LogP contribution in [0.4, 0.5) is 8.78 Å². The summed E-state index contributed by atoms with van der Waals surface area (Å²) in [6, 6.07) is 2.10. The fourth-order valence-electron chi connectivity index (χ4n) is 0.942. The Labute approximate surface area is 83.9 Å². The first kappa shape index (κ1) is 11.0. The van der Waals surface area contributed by atoms with Gasteiger partial charge in [-0.05, 0) is 23.7 Å². The molecule has 1 aromatic heterocycles. The molecule has 0 unspecified atom stereocenters. The predicted octanol–water partition coefficient (Wildman–Crippen LogP) is 1.86. The van der Waals surface area contributed by atoms with E-state index in [9.17, 15) is 13.6 Å². The van der Waals surface area contributed by atoms with E-state index in [0.717, 1.165) is 12.1 Å². The number of carbonyl (C=O) groups is 1. The van der Waals surface area contributed by atoms with Gasteiger partial charge in [0.2, 0.25) is 0 Å². The maximum atomic E-state index is 12.3. The Morgan fingerprint density at radius 2 is 2.21 bits per heavy atom. The average Bonchev–Trinajstić information content (AvgIpc) is 2.16. The van der Waals surface area contributed by atoms with E-state index in [-0.39, 0.29) is 23.5 Å². The molecule has 1 heterocycles. The highest BCUT2D eigenvalue weighted by atomic mass is 35.5. The van der Waals surface area contributed by atoms with Gasteiger partial charge in [-0.3, -0.25) is 4.79 Å². The molecule has 14 heavy (non-hydrogen) atoms. The number of pyridine rings is 1. The van der Waals surface area contributed by atoms with E-state index in [1.54, 1.807) is 0 Å². The van der Waals surface area contributed by atoms with Crippen LogP contribution in [0.15, 0.2) is 12.1 Å². The third kappa shape index (κ3) is 2.46. The number of nitrogens with zero attached hydrogens (tertiary/aromatic N) is 1. The molecule has 0 radical (unpaired) electrons. The molecule has 1 rings (SSSR count). The fourth-order valence-corrected chi connectivity index (χ4v) is 1.04. The van der Waals surface area contributed by atoms with Gasteiger partial charge in [0.1, 0.15) is 5.69 Å². The minimum Gasteiger partial charge on any atom is -0.325 e. The molecule has 0 aliphatic heterocycles. The molecule has 0 fully saturated rings. The van der Waals surface area contributed by atoms with Crippen molar-refractivity contribution in [3.8, 4) is 0 Å². The summed E-state index contributed by atoms with van der Waals surface area (Å²) in [6.45, 7) is -0.0161. The molecule has 0 atom stereocenters. The molecule has 3 nitrogen and oxygen atoms in total. The van der Waals surface area contributed by atoms with Gasteiger partial charge in [0.15, 0.2) is 0 Å². The standard InChI is InChI=1S/C8H7ClF2N2O/c9-7(14)6-2-4(8(10)11)1-5(3-12)13-6/h1-2,8H,3,12H2. The van der Waals surface area contributed by atoms with Crippen LogP contribution >= 0.6 is 11.6 Å². The summed E-state index contributed by atoms with van der Waals surface area (Å²) in [7, 11) is 0. The Morgan fingerprint density at radius 1 is 1.57 bits per heavy atom. The number of carbonyl (C=O) groups excluding carboxylic acids is 1. The molecule has 2 N–H and O–H groups in total. The second kappa shape index (κ2) is 4.43. The van der Waals surface area contributed by atoms with Crippen LogP contribution in [0, 0.1) is 0 Å². The van der Waals surface area contributed by atoms with Gasteiger partial charge in [-0.25, -0.2) is 13.8 Å². The van der Waals surface area contributed by atoms with E-state index in [1.165, 1.54) is 0 Å². The number of hydrogen-bond donors (Lipinski definition) is 1. The second-order valence-corrected chi connectivity index (χ2v) is 2.90. The zero-order valence-electron chi connectivity index (χ0n) is 7.01. The fraction of sp³-hybridized carbons (Fsp3) is 0.250. The van der Waals surface area contributed by atoms with Crippen molar-refractivity contribution in [3.05, 3.63) is 29.1 Å². The number of aromatic nitrogens is 1. The normalized spacial score (nSPS) is 10.6. The Hall–Kier alpha value is -1.07. The molecule has 0 amide bonds. The van der Waals surface area contributed by atoms with Crippen LogP contribution < -0.4 is 5.73 Å². The van der Waals surface area contributed by atoms with Crippen LogP contribution in [0.1, 0.15) is 28.2 Å². The Bertz CT molecular complexity index is 357. The summed E-state index contributed by atoms with van der Waals surface area (Å²) in [5, 5.41) is -0.873. The van der Waals surface area contributed by atoms with Crippen LogP contribution in [-0.2, 0) is 6.54 Å². The maximum absolute atomic E-state index is 12.3. The van der Waals surface area contributed by atoms with Crippen LogP contribution in [0.25, 0.3) is 0 Å². The topological polar surface area (TPSA) is 56.0 Å². The maximum Gasteiger partial charge on any atom is 0.270 e. The van der Waals surface area contributed by atoms with E-state index in [0.29, 0.717) is 0 Å². The molecular weight excluding hydrogens is 214 g/mol. The van der Waals surface area contributed by atoms with Crippen LogP contribution in [0.3, 0.4) is 0 Å². The first-order valence-electron chi connectivity index (χ1n) is 3.73. The second-order valence-electron chi connectivity index (χ2n) is 2.56. The van der Waals surface area contributed by atoms with Crippen molar-refractivity contribution in [1.82, 2.24) is 4.98 Å². The number of rotatable bonds is 3. The third-order valence-corrected chi connectivity index (χ3v) is 1.76. The highest BCUT2D eigenvalue weighted by molar-refractivity contribution is 6.67. The molecule has 0 spiro atoms. The molecule has 0 aromatic carbocycles. The lowest BCUT2D eigenvalue weighted by Crippen LogP contribution is -2.05. The highest BCUT2D eigenvalue weighted by Gasteiger charge is 2.13. The van der Waals surface area contributed by atoms with E-state index >= 15 is 0 Å². The third-order valence-electron chi connectivity index (χ3n) is 1.56. The first-order valence-corrected chi connectivity index (χ1v) is 4.11. The zero-order chi connectivity index (χ0) is 10.7. The van der Waals surface area contributed by atoms with Gasteiger partial charge in [-0.2, -0.15) is 0 Å². The van der Waals surface area contributed by atoms with Crippen LogP contribution in [0.5, 0.6) is 0 Å². The lowest BCUT2D eigenvalue weighted by molar-refractivity contribution is 0.107. The van der Waals surface area contributed by atoms with E-state index < -0.39 is 11.7 Å². The SMILES string of the molecule is NCc1cc(C(F)F)cc(C(=O)Cl)n1. The number of halogens is 3. The van der Waals surface area contributed by atoms with Gasteiger partial charge in [0.25, 0.3) is 11.7 Å².